The van der Waals surface area contributed by atoms with Crippen LogP contribution in [0.3, 0.4) is 0 Å². The highest BCUT2D eigenvalue weighted by molar-refractivity contribution is 5.90. The van der Waals surface area contributed by atoms with Crippen molar-refractivity contribution in [1.29, 1.82) is 0 Å². The number of carbonyl (C=O) groups is 2. The van der Waals surface area contributed by atoms with Crippen molar-refractivity contribution in [3.8, 4) is 0 Å². The van der Waals surface area contributed by atoms with E-state index in [2.05, 4.69) is 10.5 Å². The van der Waals surface area contributed by atoms with E-state index in [1.165, 1.54) is 0 Å². The van der Waals surface area contributed by atoms with Gasteiger partial charge >= 0.3 is 5.97 Å². The summed E-state index contributed by atoms with van der Waals surface area (Å²) in [6.45, 7) is 3.63. The largest absolute Gasteiger partial charge is 0.481 e. The molecule has 0 unspecified atom stereocenters. The van der Waals surface area contributed by atoms with Gasteiger partial charge in [-0.1, -0.05) is 18.0 Å². The van der Waals surface area contributed by atoms with Crippen LogP contribution in [0, 0.1) is 19.3 Å². The monoisotopic (exact) mass is 280 g/mol. The van der Waals surface area contributed by atoms with Gasteiger partial charge in [-0.3, -0.25) is 14.9 Å². The van der Waals surface area contributed by atoms with Crippen molar-refractivity contribution in [3.63, 3.8) is 0 Å². The van der Waals surface area contributed by atoms with Crippen LogP contribution in [0.1, 0.15) is 49.8 Å². The Hall–Kier alpha value is -1.85. The van der Waals surface area contributed by atoms with E-state index in [4.69, 9.17) is 9.63 Å². The van der Waals surface area contributed by atoms with Crippen LogP contribution in [-0.4, -0.2) is 22.1 Å². The van der Waals surface area contributed by atoms with Gasteiger partial charge in [-0.25, -0.2) is 0 Å². The molecule has 6 heteroatoms. The molecule has 110 valence electrons. The van der Waals surface area contributed by atoms with Gasteiger partial charge in [-0.2, -0.15) is 0 Å². The molecule has 0 atom stereocenters. The van der Waals surface area contributed by atoms with Crippen LogP contribution in [0.5, 0.6) is 0 Å². The number of anilines is 1. The molecule has 1 saturated carbocycles. The minimum atomic E-state index is -0.841. The number of aromatic nitrogens is 1. The van der Waals surface area contributed by atoms with E-state index in [9.17, 15) is 9.59 Å². The fraction of sp³-hybridized carbons (Fsp3) is 0.643. The Labute approximate surface area is 117 Å². The highest BCUT2D eigenvalue weighted by Gasteiger charge is 2.38. The number of carbonyl (C=O) groups excluding carboxylic acids is 1. The van der Waals surface area contributed by atoms with Gasteiger partial charge < -0.3 is 9.63 Å². The zero-order valence-electron chi connectivity index (χ0n) is 11.9. The summed E-state index contributed by atoms with van der Waals surface area (Å²) in [5.74, 6) is -0.685. The zero-order chi connectivity index (χ0) is 14.8. The standard InChI is InChI=1S/C14H20N2O4/c1-9-10(2)16-20-13(9)15-11(17)7-14(8-12(18)19)5-3-4-6-14/h3-8H2,1-2H3,(H,15,17)(H,18,19). The Bertz CT molecular complexity index is 515. The van der Waals surface area contributed by atoms with Gasteiger partial charge in [0.2, 0.25) is 11.8 Å². The van der Waals surface area contributed by atoms with Crippen molar-refractivity contribution in [2.75, 3.05) is 5.32 Å². The van der Waals surface area contributed by atoms with Crippen LogP contribution in [0.4, 0.5) is 5.88 Å². The summed E-state index contributed by atoms with van der Waals surface area (Å²) >= 11 is 0. The maximum Gasteiger partial charge on any atom is 0.303 e. The zero-order valence-corrected chi connectivity index (χ0v) is 11.9. The van der Waals surface area contributed by atoms with Crippen LogP contribution in [-0.2, 0) is 9.59 Å². The van der Waals surface area contributed by atoms with Crippen LogP contribution < -0.4 is 5.32 Å². The van der Waals surface area contributed by atoms with Crippen molar-refractivity contribution in [3.05, 3.63) is 11.3 Å². The lowest BCUT2D eigenvalue weighted by molar-refractivity contribution is -0.140. The second-order valence-corrected chi connectivity index (χ2v) is 5.72. The Morgan fingerprint density at radius 3 is 2.45 bits per heavy atom. The first-order valence-corrected chi connectivity index (χ1v) is 6.86. The lowest BCUT2D eigenvalue weighted by Gasteiger charge is -2.26. The van der Waals surface area contributed by atoms with E-state index in [0.717, 1.165) is 36.9 Å². The van der Waals surface area contributed by atoms with Gasteiger partial charge in [-0.05, 0) is 32.1 Å². The van der Waals surface area contributed by atoms with Gasteiger partial charge in [0, 0.05) is 12.0 Å². The fourth-order valence-electron chi connectivity index (χ4n) is 2.91. The van der Waals surface area contributed by atoms with Crippen molar-refractivity contribution in [2.24, 2.45) is 5.41 Å². The van der Waals surface area contributed by atoms with E-state index < -0.39 is 11.4 Å². The maximum atomic E-state index is 12.1. The summed E-state index contributed by atoms with van der Waals surface area (Å²) in [4.78, 5) is 23.1. The van der Waals surface area contributed by atoms with Crippen LogP contribution >= 0.6 is 0 Å². The number of hydrogen-bond acceptors (Lipinski definition) is 4. The molecule has 2 rings (SSSR count). The van der Waals surface area contributed by atoms with E-state index in [1.807, 2.05) is 6.92 Å². The average molecular weight is 280 g/mol. The van der Waals surface area contributed by atoms with Crippen molar-refractivity contribution in [2.45, 2.75) is 52.4 Å². The molecule has 1 heterocycles. The molecule has 1 amide bonds. The second kappa shape index (κ2) is 5.64. The molecule has 0 radical (unpaired) electrons. The third-order valence-corrected chi connectivity index (χ3v) is 4.14. The quantitative estimate of drug-likeness (QED) is 0.865. The van der Waals surface area contributed by atoms with Gasteiger partial charge in [0.1, 0.15) is 0 Å². The lowest BCUT2D eigenvalue weighted by Crippen LogP contribution is -2.27. The molecular weight excluding hydrogens is 260 g/mol. The summed E-state index contributed by atoms with van der Waals surface area (Å²) in [7, 11) is 0. The summed E-state index contributed by atoms with van der Waals surface area (Å²) < 4.78 is 5.05. The normalized spacial score (nSPS) is 17.1. The van der Waals surface area contributed by atoms with Crippen LogP contribution in [0.2, 0.25) is 0 Å². The minimum absolute atomic E-state index is 0.0504. The Morgan fingerprint density at radius 1 is 1.30 bits per heavy atom. The molecule has 0 saturated heterocycles. The molecule has 1 aliphatic carbocycles. The third-order valence-electron chi connectivity index (χ3n) is 4.14. The third kappa shape index (κ3) is 3.18. The van der Waals surface area contributed by atoms with E-state index in [1.54, 1.807) is 6.92 Å². The molecule has 20 heavy (non-hydrogen) atoms. The maximum absolute atomic E-state index is 12.1. The molecule has 2 N–H and O–H groups in total. The first kappa shape index (κ1) is 14.6. The van der Waals surface area contributed by atoms with Crippen molar-refractivity contribution < 1.29 is 19.2 Å². The number of nitrogens with zero attached hydrogens (tertiary/aromatic N) is 1. The molecule has 1 aromatic rings. The Kier molecular flexibility index (Phi) is 4.11. The molecule has 1 aliphatic rings. The van der Waals surface area contributed by atoms with Crippen LogP contribution in [0.25, 0.3) is 0 Å². The number of rotatable bonds is 5. The fourth-order valence-corrected chi connectivity index (χ4v) is 2.91. The number of amides is 1. The number of carboxylic acid groups (broad SMARTS) is 1. The number of nitrogens with one attached hydrogen (secondary N) is 1. The first-order valence-electron chi connectivity index (χ1n) is 6.86. The van der Waals surface area contributed by atoms with Crippen molar-refractivity contribution >= 4 is 17.8 Å². The Morgan fingerprint density at radius 2 is 1.95 bits per heavy atom. The molecule has 0 bridgehead atoms. The highest BCUT2D eigenvalue weighted by atomic mass is 16.5. The van der Waals surface area contributed by atoms with Gasteiger partial charge in [0.05, 0.1) is 12.1 Å². The SMILES string of the molecule is Cc1noc(NC(=O)CC2(CC(=O)O)CCCC2)c1C. The summed E-state index contributed by atoms with van der Waals surface area (Å²) in [5, 5.41) is 15.5. The predicted molar refractivity (Wildman–Crippen MR) is 72.4 cm³/mol. The second-order valence-electron chi connectivity index (χ2n) is 5.72. The molecular formula is C14H20N2O4. The van der Waals surface area contributed by atoms with E-state index in [-0.39, 0.29) is 18.7 Å². The lowest BCUT2D eigenvalue weighted by atomic mass is 9.79. The molecule has 1 aromatic heterocycles. The van der Waals surface area contributed by atoms with Gasteiger partial charge in [0.15, 0.2) is 0 Å². The number of aliphatic carboxylic acids is 1. The smallest absolute Gasteiger partial charge is 0.303 e. The van der Waals surface area contributed by atoms with Crippen molar-refractivity contribution in [1.82, 2.24) is 5.16 Å². The van der Waals surface area contributed by atoms with E-state index in [0.29, 0.717) is 5.88 Å². The molecule has 0 spiro atoms. The first-order chi connectivity index (χ1) is 9.42. The number of aryl methyl sites for hydroxylation is 1. The van der Waals surface area contributed by atoms with Gasteiger partial charge in [0.25, 0.3) is 0 Å². The minimum Gasteiger partial charge on any atom is -0.481 e. The van der Waals surface area contributed by atoms with Gasteiger partial charge in [-0.15, -0.1) is 0 Å². The predicted octanol–water partition coefficient (Wildman–Crippen LogP) is 2.66. The Balaban J connectivity index is 2.02. The van der Waals surface area contributed by atoms with Crippen LogP contribution in [0.15, 0.2) is 4.52 Å². The summed E-state index contributed by atoms with van der Waals surface area (Å²) in [6, 6.07) is 0. The number of hydrogen-bond donors (Lipinski definition) is 2. The molecule has 6 nitrogen and oxygen atoms in total. The molecule has 0 aliphatic heterocycles. The summed E-state index contributed by atoms with van der Waals surface area (Å²) in [5.41, 5.74) is 1.14. The number of carboxylic acids is 1. The molecule has 0 aromatic carbocycles. The average Bonchev–Trinajstić information content (AvgIpc) is 2.90. The summed E-state index contributed by atoms with van der Waals surface area (Å²) in [6.07, 6.45) is 3.83. The van der Waals surface area contributed by atoms with E-state index >= 15 is 0 Å². The topological polar surface area (TPSA) is 92.4 Å². The highest BCUT2D eigenvalue weighted by Crippen LogP contribution is 2.44. The molecule has 1 fully saturated rings.